The average molecular weight is 482 g/mol. The lowest BCUT2D eigenvalue weighted by Gasteiger charge is -2.64. The molecule has 3 fully saturated rings. The van der Waals surface area contributed by atoms with E-state index in [0.717, 1.165) is 31.7 Å². The molecule has 1 N–H and O–H groups in total. The minimum absolute atomic E-state index is 0.0235. The molecule has 1 spiro atoms. The molecule has 0 atom stereocenters. The van der Waals surface area contributed by atoms with Crippen molar-refractivity contribution < 1.29 is 9.84 Å². The van der Waals surface area contributed by atoms with Crippen molar-refractivity contribution in [3.63, 3.8) is 0 Å². The van der Waals surface area contributed by atoms with E-state index in [1.54, 1.807) is 0 Å². The number of hydrogen-bond acceptors (Lipinski definition) is 3. The number of rotatable bonds is 1. The van der Waals surface area contributed by atoms with Crippen LogP contribution in [0, 0.1) is 18.8 Å². The van der Waals surface area contributed by atoms with Crippen molar-refractivity contribution in [1.82, 2.24) is 0 Å². The first-order valence-corrected chi connectivity index (χ1v) is 14.2. The van der Waals surface area contributed by atoms with Crippen LogP contribution in [0.4, 0.5) is 5.69 Å². The van der Waals surface area contributed by atoms with Crippen molar-refractivity contribution in [2.45, 2.75) is 70.1 Å². The summed E-state index contributed by atoms with van der Waals surface area (Å²) >= 11 is 0. The van der Waals surface area contributed by atoms with Gasteiger partial charge in [0.2, 0.25) is 0 Å². The summed E-state index contributed by atoms with van der Waals surface area (Å²) in [6.45, 7) is 10.6. The Bertz CT molecular complexity index is 1330. The molecule has 1 saturated heterocycles. The van der Waals surface area contributed by atoms with Gasteiger partial charge < -0.3 is 14.7 Å². The minimum atomic E-state index is 0.0235. The first-order valence-electron chi connectivity index (χ1n) is 14.2. The van der Waals surface area contributed by atoms with Gasteiger partial charge in [0.15, 0.2) is 0 Å². The van der Waals surface area contributed by atoms with Gasteiger partial charge in [0, 0.05) is 35.0 Å². The molecule has 0 aromatic heterocycles. The zero-order valence-electron chi connectivity index (χ0n) is 22.1. The number of aryl methyl sites for hydroxylation is 1. The van der Waals surface area contributed by atoms with E-state index >= 15 is 0 Å². The predicted octanol–water partition coefficient (Wildman–Crippen LogP) is 7.49. The lowest BCUT2D eigenvalue weighted by Crippen LogP contribution is -2.60. The normalized spacial score (nSPS) is 28.7. The number of phenols is 1. The third-order valence-corrected chi connectivity index (χ3v) is 10.6. The van der Waals surface area contributed by atoms with E-state index < -0.39 is 0 Å². The summed E-state index contributed by atoms with van der Waals surface area (Å²) in [4.78, 5) is 2.42. The Morgan fingerprint density at radius 2 is 1.53 bits per heavy atom. The number of phenolic OH excluding ortho intramolecular Hbond substituents is 1. The number of ether oxygens (including phenoxy) is 1. The van der Waals surface area contributed by atoms with Gasteiger partial charge in [-0.25, -0.2) is 0 Å². The molecule has 2 bridgehead atoms. The zero-order valence-corrected chi connectivity index (χ0v) is 22.1. The van der Waals surface area contributed by atoms with Crippen molar-refractivity contribution in [3.05, 3.63) is 59.2 Å². The highest BCUT2D eigenvalue weighted by molar-refractivity contribution is 6.05. The molecule has 7 rings (SSSR count). The van der Waals surface area contributed by atoms with Crippen LogP contribution in [0.15, 0.2) is 42.5 Å². The van der Waals surface area contributed by atoms with E-state index in [0.29, 0.717) is 17.6 Å². The van der Waals surface area contributed by atoms with E-state index in [9.17, 15) is 5.11 Å². The number of aromatic hydroxyl groups is 1. The highest BCUT2D eigenvalue weighted by Gasteiger charge is 2.62. The number of morpholine rings is 1. The molecule has 3 aromatic carbocycles. The quantitative estimate of drug-likeness (QED) is 0.391. The summed E-state index contributed by atoms with van der Waals surface area (Å²) in [6.07, 6.45) is 7.97. The third-order valence-electron chi connectivity index (χ3n) is 10.6. The fraction of sp³-hybridized carbons (Fsp3) is 0.515. The van der Waals surface area contributed by atoms with E-state index in [-0.39, 0.29) is 10.8 Å². The van der Waals surface area contributed by atoms with Crippen LogP contribution < -0.4 is 4.90 Å². The molecule has 1 aliphatic heterocycles. The number of anilines is 1. The van der Waals surface area contributed by atoms with Gasteiger partial charge in [-0.2, -0.15) is 0 Å². The molecule has 36 heavy (non-hydrogen) atoms. The van der Waals surface area contributed by atoms with Crippen LogP contribution in [-0.4, -0.2) is 31.4 Å². The van der Waals surface area contributed by atoms with Crippen molar-refractivity contribution in [2.75, 3.05) is 31.2 Å². The Labute approximate surface area is 215 Å². The standard InChI is InChI=1S/C33H39NO2/c1-21-18-26-25(19-29(21)34-14-16-36-17-15-34)30(35)20-28-31(26)24-12-4-5-13-27(24)32(2,3)33(28)22-8-6-9-23(33)11-7-10-22/h4-5,12-13,18-20,22-23,35H,6-11,14-17H2,1-3H3. The lowest BCUT2D eigenvalue weighted by molar-refractivity contribution is -0.00561. The van der Waals surface area contributed by atoms with Crippen LogP contribution in [0.1, 0.15) is 69.1 Å². The van der Waals surface area contributed by atoms with Crippen molar-refractivity contribution in [1.29, 1.82) is 0 Å². The third kappa shape index (κ3) is 2.84. The van der Waals surface area contributed by atoms with E-state index in [2.05, 4.69) is 68.1 Å². The molecule has 1 heterocycles. The first kappa shape index (κ1) is 22.7. The molecule has 0 radical (unpaired) electrons. The summed E-state index contributed by atoms with van der Waals surface area (Å²) < 4.78 is 5.61. The fourth-order valence-electron chi connectivity index (χ4n) is 9.33. The minimum Gasteiger partial charge on any atom is -0.507 e. The molecule has 4 aliphatic rings. The molecule has 3 heteroatoms. The van der Waals surface area contributed by atoms with Crippen LogP contribution in [0.25, 0.3) is 21.9 Å². The highest BCUT2D eigenvalue weighted by Crippen LogP contribution is 2.68. The summed E-state index contributed by atoms with van der Waals surface area (Å²) in [7, 11) is 0. The van der Waals surface area contributed by atoms with Gasteiger partial charge >= 0.3 is 0 Å². The SMILES string of the molecule is Cc1cc2c3c(cc(O)c2cc1N1CCOCC1)C1(C2CCCC1CCC2)C(C)(C)c1ccccc1-3. The lowest BCUT2D eigenvalue weighted by atomic mass is 9.39. The molecule has 3 aliphatic carbocycles. The van der Waals surface area contributed by atoms with Gasteiger partial charge in [-0.15, -0.1) is 0 Å². The Kier molecular flexibility index (Phi) is 5.03. The number of fused-ring (bicyclic) bond motifs is 5. The molecule has 0 unspecified atom stereocenters. The molecule has 188 valence electrons. The summed E-state index contributed by atoms with van der Waals surface area (Å²) in [6, 6.07) is 16.0. The van der Waals surface area contributed by atoms with Gasteiger partial charge in [0.25, 0.3) is 0 Å². The topological polar surface area (TPSA) is 32.7 Å². The van der Waals surface area contributed by atoms with E-state index in [1.165, 1.54) is 77.4 Å². The van der Waals surface area contributed by atoms with Gasteiger partial charge in [0.1, 0.15) is 5.75 Å². The molecule has 3 aromatic rings. The second kappa shape index (κ2) is 7.99. The van der Waals surface area contributed by atoms with Crippen LogP contribution in [0.2, 0.25) is 0 Å². The molecule has 3 nitrogen and oxygen atoms in total. The van der Waals surface area contributed by atoms with E-state index in [4.69, 9.17) is 4.74 Å². The molecule has 0 amide bonds. The first-order chi connectivity index (χ1) is 17.4. The van der Waals surface area contributed by atoms with Crippen molar-refractivity contribution in [2.24, 2.45) is 11.8 Å². The Hall–Kier alpha value is -2.52. The average Bonchev–Trinajstić information content (AvgIpc) is 2.87. The highest BCUT2D eigenvalue weighted by atomic mass is 16.5. The van der Waals surface area contributed by atoms with Gasteiger partial charge in [-0.1, -0.05) is 51.0 Å². The Morgan fingerprint density at radius 3 is 2.22 bits per heavy atom. The summed E-state index contributed by atoms with van der Waals surface area (Å²) in [5.74, 6) is 1.81. The smallest absolute Gasteiger partial charge is 0.123 e. The maximum absolute atomic E-state index is 11.7. The van der Waals surface area contributed by atoms with Crippen LogP contribution in [-0.2, 0) is 15.6 Å². The van der Waals surface area contributed by atoms with Crippen LogP contribution in [0.3, 0.4) is 0 Å². The summed E-state index contributed by atoms with van der Waals surface area (Å²) in [5.41, 5.74) is 8.32. The second-order valence-corrected chi connectivity index (χ2v) is 12.4. The maximum atomic E-state index is 11.7. The van der Waals surface area contributed by atoms with Gasteiger partial charge in [-0.3, -0.25) is 0 Å². The van der Waals surface area contributed by atoms with Crippen molar-refractivity contribution >= 4 is 16.5 Å². The molecule has 2 saturated carbocycles. The van der Waals surface area contributed by atoms with Crippen molar-refractivity contribution in [3.8, 4) is 16.9 Å². The van der Waals surface area contributed by atoms with Gasteiger partial charge in [0.05, 0.1) is 13.2 Å². The Balaban J connectivity index is 1.56. The monoisotopic (exact) mass is 481 g/mol. The fourth-order valence-corrected chi connectivity index (χ4v) is 9.33. The summed E-state index contributed by atoms with van der Waals surface area (Å²) in [5, 5.41) is 13.9. The van der Waals surface area contributed by atoms with Gasteiger partial charge in [-0.05, 0) is 95.8 Å². The molecular weight excluding hydrogens is 442 g/mol. The van der Waals surface area contributed by atoms with Crippen LogP contribution >= 0.6 is 0 Å². The second-order valence-electron chi connectivity index (χ2n) is 12.4. The largest absolute Gasteiger partial charge is 0.507 e. The number of benzene rings is 3. The predicted molar refractivity (Wildman–Crippen MR) is 148 cm³/mol. The maximum Gasteiger partial charge on any atom is 0.123 e. The van der Waals surface area contributed by atoms with Crippen LogP contribution in [0.5, 0.6) is 5.75 Å². The zero-order chi connectivity index (χ0) is 24.7. The molecular formula is C33H39NO2. The number of nitrogens with zero attached hydrogens (tertiary/aromatic N) is 1. The Morgan fingerprint density at radius 1 is 0.861 bits per heavy atom. The van der Waals surface area contributed by atoms with E-state index in [1.807, 2.05) is 0 Å². The number of hydrogen-bond donors (Lipinski definition) is 1.